The molecule has 1 unspecified atom stereocenters. The van der Waals surface area contributed by atoms with E-state index in [-0.39, 0.29) is 10.6 Å². The molecule has 1 fully saturated rings. The topological polar surface area (TPSA) is 30.8 Å². The number of nitrogens with zero attached hydrogens (tertiary/aromatic N) is 1. The number of hydrogen-bond donors (Lipinski definition) is 0. The first kappa shape index (κ1) is 15.7. The second kappa shape index (κ2) is 5.33. The van der Waals surface area contributed by atoms with Crippen LogP contribution in [0.25, 0.3) is 0 Å². The van der Waals surface area contributed by atoms with Gasteiger partial charge in [-0.1, -0.05) is 25.9 Å². The fourth-order valence-electron chi connectivity index (χ4n) is 2.24. The first-order valence-corrected chi connectivity index (χ1v) is 9.84. The van der Waals surface area contributed by atoms with Crippen molar-refractivity contribution in [2.24, 2.45) is 5.16 Å². The Bertz CT molecular complexity index is 320. The summed E-state index contributed by atoms with van der Waals surface area (Å²) >= 11 is 0. The second-order valence-electron chi connectivity index (χ2n) is 7.02. The van der Waals surface area contributed by atoms with Gasteiger partial charge < -0.3 is 9.26 Å². The van der Waals surface area contributed by atoms with Crippen LogP contribution in [0.5, 0.6) is 0 Å². The van der Waals surface area contributed by atoms with Gasteiger partial charge in [0, 0.05) is 0 Å². The fourth-order valence-corrected chi connectivity index (χ4v) is 3.89. The quantitative estimate of drug-likeness (QED) is 0.564. The normalized spacial score (nSPS) is 28.5. The summed E-state index contributed by atoms with van der Waals surface area (Å²) in [4.78, 5) is 5.00. The van der Waals surface area contributed by atoms with Crippen LogP contribution in [0.1, 0.15) is 53.4 Å². The van der Waals surface area contributed by atoms with E-state index >= 15 is 0 Å². The van der Waals surface area contributed by atoms with E-state index in [4.69, 9.17) is 9.26 Å². The Morgan fingerprint density at radius 1 is 1.22 bits per heavy atom. The van der Waals surface area contributed by atoms with Crippen LogP contribution >= 0.6 is 0 Å². The molecule has 3 nitrogen and oxygen atoms in total. The zero-order valence-electron chi connectivity index (χ0n) is 13.1. The van der Waals surface area contributed by atoms with E-state index in [1.807, 2.05) is 0 Å². The first-order valence-electron chi connectivity index (χ1n) is 6.93. The average molecular weight is 271 g/mol. The molecular weight excluding hydrogens is 242 g/mol. The van der Waals surface area contributed by atoms with E-state index < -0.39 is 8.32 Å². The van der Waals surface area contributed by atoms with Gasteiger partial charge >= 0.3 is 0 Å². The standard InChI is InChI=1S/C14H29NO2Si/c1-13(2,3)18(6,7)17-14(4)11-9-8-10-12(14)15-16-5/h8-11H2,1-7H3. The molecule has 1 rings (SSSR count). The molecule has 0 radical (unpaired) electrons. The second-order valence-corrected chi connectivity index (χ2v) is 11.7. The van der Waals surface area contributed by atoms with E-state index in [0.29, 0.717) is 0 Å². The molecule has 1 aliphatic rings. The highest BCUT2D eigenvalue weighted by Crippen LogP contribution is 2.42. The van der Waals surface area contributed by atoms with Gasteiger partial charge in [0.1, 0.15) is 7.11 Å². The highest BCUT2D eigenvalue weighted by Gasteiger charge is 2.45. The van der Waals surface area contributed by atoms with Crippen LogP contribution < -0.4 is 0 Å². The van der Waals surface area contributed by atoms with Gasteiger partial charge in [-0.3, -0.25) is 0 Å². The molecule has 0 aromatic carbocycles. The fraction of sp³-hybridized carbons (Fsp3) is 0.929. The average Bonchev–Trinajstić information content (AvgIpc) is 2.19. The van der Waals surface area contributed by atoms with Gasteiger partial charge in [-0.2, -0.15) is 0 Å². The highest BCUT2D eigenvalue weighted by molar-refractivity contribution is 6.74. The summed E-state index contributed by atoms with van der Waals surface area (Å²) in [6, 6.07) is 0. The van der Waals surface area contributed by atoms with Crippen molar-refractivity contribution < 1.29 is 9.26 Å². The molecule has 0 amide bonds. The Hall–Kier alpha value is -0.353. The molecule has 0 aromatic heterocycles. The van der Waals surface area contributed by atoms with Gasteiger partial charge in [0.25, 0.3) is 0 Å². The lowest BCUT2D eigenvalue weighted by Crippen LogP contribution is -2.53. The Morgan fingerprint density at radius 3 is 2.33 bits per heavy atom. The Balaban J connectivity index is 2.94. The Morgan fingerprint density at radius 2 is 1.83 bits per heavy atom. The zero-order chi connectivity index (χ0) is 14.0. The van der Waals surface area contributed by atoms with Gasteiger partial charge in [0.15, 0.2) is 8.32 Å². The van der Waals surface area contributed by atoms with Crippen molar-refractivity contribution in [3.63, 3.8) is 0 Å². The van der Waals surface area contributed by atoms with Crippen molar-refractivity contribution in [1.82, 2.24) is 0 Å². The summed E-state index contributed by atoms with van der Waals surface area (Å²) in [5.74, 6) is 0. The molecule has 0 bridgehead atoms. The predicted molar refractivity (Wildman–Crippen MR) is 79.6 cm³/mol. The summed E-state index contributed by atoms with van der Waals surface area (Å²) in [5, 5.41) is 4.44. The SMILES string of the molecule is CON=C1CCCCC1(C)O[Si](C)(C)C(C)(C)C. The molecule has 4 heteroatoms. The van der Waals surface area contributed by atoms with Crippen LogP contribution in [0.3, 0.4) is 0 Å². The van der Waals surface area contributed by atoms with E-state index in [9.17, 15) is 0 Å². The summed E-state index contributed by atoms with van der Waals surface area (Å²) < 4.78 is 6.62. The molecule has 1 aliphatic carbocycles. The summed E-state index contributed by atoms with van der Waals surface area (Å²) in [6.45, 7) is 13.6. The molecule has 0 N–H and O–H groups in total. The smallest absolute Gasteiger partial charge is 0.193 e. The highest BCUT2D eigenvalue weighted by atomic mass is 28.4. The maximum atomic E-state index is 6.62. The molecule has 106 valence electrons. The van der Waals surface area contributed by atoms with Crippen molar-refractivity contribution in [3.05, 3.63) is 0 Å². The third kappa shape index (κ3) is 3.35. The molecule has 0 spiro atoms. The number of rotatable bonds is 3. The van der Waals surface area contributed by atoms with E-state index in [1.165, 1.54) is 12.8 Å². The third-order valence-corrected chi connectivity index (χ3v) is 8.99. The molecule has 0 aromatic rings. The van der Waals surface area contributed by atoms with Crippen LogP contribution in [0.4, 0.5) is 0 Å². The largest absolute Gasteiger partial charge is 0.406 e. The van der Waals surface area contributed by atoms with Gasteiger partial charge in [-0.15, -0.1) is 0 Å². The van der Waals surface area contributed by atoms with E-state index in [1.54, 1.807) is 7.11 Å². The molecule has 0 heterocycles. The van der Waals surface area contributed by atoms with Gasteiger partial charge in [-0.25, -0.2) is 0 Å². The van der Waals surface area contributed by atoms with Crippen LogP contribution in [-0.4, -0.2) is 26.7 Å². The van der Waals surface area contributed by atoms with Crippen LogP contribution in [0, 0.1) is 0 Å². The van der Waals surface area contributed by atoms with Gasteiger partial charge in [-0.05, 0) is 50.7 Å². The van der Waals surface area contributed by atoms with Crippen molar-refractivity contribution in [1.29, 1.82) is 0 Å². The monoisotopic (exact) mass is 271 g/mol. The van der Waals surface area contributed by atoms with Crippen LogP contribution in [0.2, 0.25) is 18.1 Å². The maximum absolute atomic E-state index is 6.62. The van der Waals surface area contributed by atoms with Crippen molar-refractivity contribution >= 4 is 14.0 Å². The van der Waals surface area contributed by atoms with Crippen LogP contribution in [0.15, 0.2) is 5.16 Å². The van der Waals surface area contributed by atoms with Crippen molar-refractivity contribution in [3.8, 4) is 0 Å². The van der Waals surface area contributed by atoms with Crippen LogP contribution in [-0.2, 0) is 9.26 Å². The first-order chi connectivity index (χ1) is 8.12. The summed E-state index contributed by atoms with van der Waals surface area (Å²) in [7, 11) is -0.152. The summed E-state index contributed by atoms with van der Waals surface area (Å²) in [6.07, 6.45) is 4.47. The summed E-state index contributed by atoms with van der Waals surface area (Å²) in [5.41, 5.74) is 0.859. The molecule has 1 atom stereocenters. The van der Waals surface area contributed by atoms with Crippen molar-refractivity contribution in [2.45, 2.75) is 77.1 Å². The minimum absolute atomic E-state index is 0.225. The molecule has 18 heavy (non-hydrogen) atoms. The molecule has 0 aliphatic heterocycles. The zero-order valence-corrected chi connectivity index (χ0v) is 14.1. The van der Waals surface area contributed by atoms with E-state index in [2.05, 4.69) is 45.9 Å². The minimum atomic E-state index is -1.77. The van der Waals surface area contributed by atoms with Gasteiger partial charge in [0.05, 0.1) is 11.3 Å². The lowest BCUT2D eigenvalue weighted by molar-refractivity contribution is 0.108. The lowest BCUT2D eigenvalue weighted by atomic mass is 9.85. The predicted octanol–water partition coefficient (Wildman–Crippen LogP) is 4.34. The molecule has 0 saturated heterocycles. The Kier molecular flexibility index (Phi) is 4.65. The number of hydrogen-bond acceptors (Lipinski definition) is 3. The van der Waals surface area contributed by atoms with Crippen molar-refractivity contribution in [2.75, 3.05) is 7.11 Å². The third-order valence-electron chi connectivity index (χ3n) is 4.42. The minimum Gasteiger partial charge on any atom is -0.406 e. The Labute approximate surface area is 113 Å². The maximum Gasteiger partial charge on any atom is 0.193 e. The molecule has 1 saturated carbocycles. The van der Waals surface area contributed by atoms with Gasteiger partial charge in [0.2, 0.25) is 0 Å². The number of oxime groups is 1. The lowest BCUT2D eigenvalue weighted by Gasteiger charge is -2.45. The molecular formula is C14H29NO2Si. The van der Waals surface area contributed by atoms with E-state index in [0.717, 1.165) is 18.6 Å².